The Morgan fingerprint density at radius 3 is 2.59 bits per heavy atom. The van der Waals surface area contributed by atoms with Crippen LogP contribution < -0.4 is 20.7 Å². The van der Waals surface area contributed by atoms with E-state index in [9.17, 15) is 0 Å². The number of nitrogens with zero attached hydrogens (tertiary/aromatic N) is 4. The standard InChI is InChI=1S/C22H28N6O/c1-3-16-9-11-17(12-10-16)24-21-25-20(23)26-22(27-13-4-5-14-27)28(21)18-7-6-8-19(15-18)29-2/h6-12,15,21,24H,3-5,13-14H2,1-2H3,(H2,23,25). The van der Waals surface area contributed by atoms with E-state index >= 15 is 0 Å². The van der Waals surface area contributed by atoms with Crippen LogP contribution in [-0.2, 0) is 6.42 Å². The van der Waals surface area contributed by atoms with Crippen LogP contribution >= 0.6 is 0 Å². The molecule has 0 saturated carbocycles. The van der Waals surface area contributed by atoms with Gasteiger partial charge in [0.05, 0.1) is 12.8 Å². The molecule has 0 aliphatic carbocycles. The SMILES string of the molecule is CCc1ccc(NC2N=C(N)N=C(N3CCCC3)N2c2cccc(OC)c2)cc1. The highest BCUT2D eigenvalue weighted by molar-refractivity contribution is 6.06. The Bertz CT molecular complexity index is 902. The second-order valence-electron chi connectivity index (χ2n) is 7.23. The second-order valence-corrected chi connectivity index (χ2v) is 7.23. The van der Waals surface area contributed by atoms with E-state index in [4.69, 9.17) is 10.5 Å². The lowest BCUT2D eigenvalue weighted by molar-refractivity contribution is 0.414. The first-order valence-electron chi connectivity index (χ1n) is 10.1. The summed E-state index contributed by atoms with van der Waals surface area (Å²) in [4.78, 5) is 13.6. The molecule has 2 aromatic rings. The number of aryl methyl sites for hydroxylation is 1. The molecular formula is C22H28N6O. The number of hydrogen-bond acceptors (Lipinski definition) is 7. The minimum absolute atomic E-state index is 0.286. The maximum absolute atomic E-state index is 6.12. The van der Waals surface area contributed by atoms with Gasteiger partial charge in [-0.25, -0.2) is 4.99 Å². The topological polar surface area (TPSA) is 78.5 Å². The van der Waals surface area contributed by atoms with E-state index in [1.165, 1.54) is 5.56 Å². The lowest BCUT2D eigenvalue weighted by Gasteiger charge is -2.38. The molecule has 0 spiro atoms. The number of benzene rings is 2. The van der Waals surface area contributed by atoms with Gasteiger partial charge in [-0.3, -0.25) is 4.90 Å². The van der Waals surface area contributed by atoms with Crippen LogP contribution in [0.4, 0.5) is 11.4 Å². The summed E-state index contributed by atoms with van der Waals surface area (Å²) in [5.74, 6) is 1.90. The van der Waals surface area contributed by atoms with Crippen LogP contribution in [-0.4, -0.2) is 43.3 Å². The Morgan fingerprint density at radius 1 is 1.14 bits per heavy atom. The summed E-state index contributed by atoms with van der Waals surface area (Å²) in [7, 11) is 1.67. The molecule has 2 aliphatic heterocycles. The van der Waals surface area contributed by atoms with Crippen LogP contribution in [0.15, 0.2) is 58.5 Å². The molecule has 0 aromatic heterocycles. The van der Waals surface area contributed by atoms with Crippen LogP contribution in [0.2, 0.25) is 0 Å². The number of anilines is 2. The van der Waals surface area contributed by atoms with Crippen molar-refractivity contribution in [2.24, 2.45) is 15.7 Å². The van der Waals surface area contributed by atoms with E-state index in [1.807, 2.05) is 24.3 Å². The van der Waals surface area contributed by atoms with Crippen molar-refractivity contribution in [3.8, 4) is 5.75 Å². The van der Waals surface area contributed by atoms with E-state index in [0.717, 1.165) is 55.4 Å². The Morgan fingerprint density at radius 2 is 1.90 bits per heavy atom. The van der Waals surface area contributed by atoms with Crippen LogP contribution in [0, 0.1) is 0 Å². The fourth-order valence-corrected chi connectivity index (χ4v) is 3.72. The van der Waals surface area contributed by atoms with Crippen molar-refractivity contribution in [1.29, 1.82) is 0 Å². The quantitative estimate of drug-likeness (QED) is 0.817. The molecule has 152 valence electrons. The normalized spacial score (nSPS) is 19.0. The van der Waals surface area contributed by atoms with Gasteiger partial charge in [0.15, 0.2) is 0 Å². The first-order valence-corrected chi connectivity index (χ1v) is 10.1. The lowest BCUT2D eigenvalue weighted by atomic mass is 10.1. The molecule has 0 bridgehead atoms. The largest absolute Gasteiger partial charge is 0.497 e. The number of likely N-dealkylation sites (tertiary alicyclic amines) is 1. The molecule has 1 saturated heterocycles. The summed E-state index contributed by atoms with van der Waals surface area (Å²) in [6.07, 6.45) is 2.91. The Hall–Kier alpha value is -3.22. The number of nitrogens with one attached hydrogen (secondary N) is 1. The molecule has 2 heterocycles. The molecule has 7 heteroatoms. The van der Waals surface area contributed by atoms with E-state index in [2.05, 4.69) is 56.3 Å². The summed E-state index contributed by atoms with van der Waals surface area (Å²) >= 11 is 0. The maximum atomic E-state index is 6.12. The zero-order valence-electron chi connectivity index (χ0n) is 17.0. The van der Waals surface area contributed by atoms with Crippen molar-refractivity contribution in [3.05, 3.63) is 54.1 Å². The van der Waals surface area contributed by atoms with Crippen molar-refractivity contribution in [1.82, 2.24) is 4.90 Å². The molecule has 1 unspecified atom stereocenters. The van der Waals surface area contributed by atoms with Gasteiger partial charge in [0.25, 0.3) is 0 Å². The average Bonchev–Trinajstić information content (AvgIpc) is 3.29. The molecule has 2 aliphatic rings. The van der Waals surface area contributed by atoms with Gasteiger partial charge < -0.3 is 20.7 Å². The smallest absolute Gasteiger partial charge is 0.222 e. The third-order valence-corrected chi connectivity index (χ3v) is 5.31. The third kappa shape index (κ3) is 4.13. The Kier molecular flexibility index (Phi) is 5.55. The minimum atomic E-state index is -0.400. The number of methoxy groups -OCH3 is 1. The van der Waals surface area contributed by atoms with Crippen LogP contribution in [0.5, 0.6) is 5.75 Å². The highest BCUT2D eigenvalue weighted by Crippen LogP contribution is 2.28. The maximum Gasteiger partial charge on any atom is 0.222 e. The average molecular weight is 393 g/mol. The monoisotopic (exact) mass is 392 g/mol. The van der Waals surface area contributed by atoms with Crippen LogP contribution in [0.25, 0.3) is 0 Å². The summed E-state index contributed by atoms with van der Waals surface area (Å²) in [5.41, 5.74) is 9.36. The predicted molar refractivity (Wildman–Crippen MR) is 119 cm³/mol. The minimum Gasteiger partial charge on any atom is -0.497 e. The zero-order chi connectivity index (χ0) is 20.2. The van der Waals surface area contributed by atoms with E-state index in [1.54, 1.807) is 7.11 Å². The first-order chi connectivity index (χ1) is 14.2. The third-order valence-electron chi connectivity index (χ3n) is 5.31. The van der Waals surface area contributed by atoms with Gasteiger partial charge in [-0.05, 0) is 49.1 Å². The number of aliphatic imine (C=N–C) groups is 2. The summed E-state index contributed by atoms with van der Waals surface area (Å²) in [5, 5.41) is 3.51. The summed E-state index contributed by atoms with van der Waals surface area (Å²) in [6.45, 7) is 4.08. The van der Waals surface area contributed by atoms with Gasteiger partial charge in [0, 0.05) is 24.8 Å². The van der Waals surface area contributed by atoms with Crippen molar-refractivity contribution >= 4 is 23.3 Å². The molecule has 0 radical (unpaired) electrons. The number of guanidine groups is 2. The van der Waals surface area contributed by atoms with Gasteiger partial charge in [-0.15, -0.1) is 0 Å². The van der Waals surface area contributed by atoms with Crippen molar-refractivity contribution in [2.45, 2.75) is 32.5 Å². The summed E-state index contributed by atoms with van der Waals surface area (Å²) in [6, 6.07) is 16.4. The first kappa shape index (κ1) is 19.1. The molecule has 29 heavy (non-hydrogen) atoms. The highest BCUT2D eigenvalue weighted by atomic mass is 16.5. The van der Waals surface area contributed by atoms with E-state index in [-0.39, 0.29) is 5.96 Å². The molecule has 3 N–H and O–H groups in total. The van der Waals surface area contributed by atoms with Gasteiger partial charge >= 0.3 is 0 Å². The van der Waals surface area contributed by atoms with E-state index in [0.29, 0.717) is 0 Å². The Labute approximate surface area is 171 Å². The predicted octanol–water partition coefficient (Wildman–Crippen LogP) is 3.24. The lowest BCUT2D eigenvalue weighted by Crippen LogP contribution is -2.54. The van der Waals surface area contributed by atoms with Gasteiger partial charge in [0.2, 0.25) is 18.2 Å². The van der Waals surface area contributed by atoms with Gasteiger partial charge in [-0.1, -0.05) is 25.1 Å². The fraction of sp³-hybridized carbons (Fsp3) is 0.364. The van der Waals surface area contributed by atoms with Crippen LogP contribution in [0.3, 0.4) is 0 Å². The van der Waals surface area contributed by atoms with Crippen molar-refractivity contribution in [2.75, 3.05) is 30.4 Å². The molecule has 7 nitrogen and oxygen atoms in total. The van der Waals surface area contributed by atoms with E-state index < -0.39 is 6.29 Å². The molecule has 0 amide bonds. The second kappa shape index (κ2) is 8.43. The number of rotatable bonds is 5. The zero-order valence-corrected chi connectivity index (χ0v) is 17.0. The van der Waals surface area contributed by atoms with Gasteiger partial charge in [-0.2, -0.15) is 4.99 Å². The Balaban J connectivity index is 1.70. The number of nitrogens with two attached hydrogens (primary N) is 1. The molecular weight excluding hydrogens is 364 g/mol. The molecule has 1 atom stereocenters. The van der Waals surface area contributed by atoms with Crippen molar-refractivity contribution < 1.29 is 4.74 Å². The molecule has 1 fully saturated rings. The van der Waals surface area contributed by atoms with Crippen LogP contribution in [0.1, 0.15) is 25.3 Å². The highest BCUT2D eigenvalue weighted by Gasteiger charge is 2.32. The summed E-state index contributed by atoms with van der Waals surface area (Å²) < 4.78 is 5.45. The fourth-order valence-electron chi connectivity index (χ4n) is 3.72. The van der Waals surface area contributed by atoms with Crippen molar-refractivity contribution in [3.63, 3.8) is 0 Å². The van der Waals surface area contributed by atoms with Gasteiger partial charge in [0.1, 0.15) is 5.75 Å². The molecule has 2 aromatic carbocycles. The number of ether oxygens (including phenoxy) is 1. The number of hydrogen-bond donors (Lipinski definition) is 2. The molecule has 4 rings (SSSR count).